The molecule has 0 amide bonds. The van der Waals surface area contributed by atoms with Crippen molar-refractivity contribution in [3.63, 3.8) is 0 Å². The minimum atomic E-state index is 0.745. The number of benzene rings is 1. The third-order valence-electron chi connectivity index (χ3n) is 5.97. The molecule has 0 atom stereocenters. The first-order chi connectivity index (χ1) is 14.6. The van der Waals surface area contributed by atoms with Crippen molar-refractivity contribution in [3.8, 4) is 0 Å². The van der Waals surface area contributed by atoms with Crippen molar-refractivity contribution in [2.75, 3.05) is 46.3 Å². The first-order valence-electron chi connectivity index (χ1n) is 11.0. The molecule has 0 spiro atoms. The molecule has 1 aliphatic heterocycles. The third kappa shape index (κ3) is 6.31. The van der Waals surface area contributed by atoms with Gasteiger partial charge < -0.3 is 15.5 Å². The summed E-state index contributed by atoms with van der Waals surface area (Å²) in [6, 6.07) is 10.8. The van der Waals surface area contributed by atoms with Gasteiger partial charge in [0.15, 0.2) is 5.96 Å². The molecule has 1 saturated heterocycles. The summed E-state index contributed by atoms with van der Waals surface area (Å²) in [5.74, 6) is 0.852. The number of nitrogens with one attached hydrogen (secondary N) is 2. The maximum absolute atomic E-state index is 4.48. The molecule has 0 radical (unpaired) electrons. The summed E-state index contributed by atoms with van der Waals surface area (Å²) in [5, 5.41) is 11.3. The van der Waals surface area contributed by atoms with E-state index in [2.05, 4.69) is 74.7 Å². The van der Waals surface area contributed by atoms with Crippen LogP contribution >= 0.6 is 0 Å². The zero-order valence-corrected chi connectivity index (χ0v) is 19.0. The van der Waals surface area contributed by atoms with Gasteiger partial charge in [-0.15, -0.1) is 0 Å². The van der Waals surface area contributed by atoms with Crippen molar-refractivity contribution < 1.29 is 0 Å². The summed E-state index contributed by atoms with van der Waals surface area (Å²) in [6.45, 7) is 12.6. The molecule has 1 fully saturated rings. The van der Waals surface area contributed by atoms with Crippen molar-refractivity contribution in [1.82, 2.24) is 30.2 Å². The Kier molecular flexibility index (Phi) is 8.28. The van der Waals surface area contributed by atoms with Gasteiger partial charge in [-0.05, 0) is 32.4 Å². The number of guanidine groups is 1. The molecule has 30 heavy (non-hydrogen) atoms. The summed E-state index contributed by atoms with van der Waals surface area (Å²) in [6.07, 6.45) is 1.12. The molecule has 0 saturated carbocycles. The van der Waals surface area contributed by atoms with E-state index in [4.69, 9.17) is 0 Å². The lowest BCUT2D eigenvalue weighted by Gasteiger charge is -2.34. The molecule has 164 valence electrons. The number of hydrogen-bond donors (Lipinski definition) is 2. The van der Waals surface area contributed by atoms with Crippen LogP contribution < -0.4 is 10.6 Å². The molecule has 0 aliphatic carbocycles. The highest BCUT2D eigenvalue weighted by Crippen LogP contribution is 2.11. The van der Waals surface area contributed by atoms with Crippen LogP contribution in [0, 0.1) is 13.8 Å². The Morgan fingerprint density at radius 2 is 1.73 bits per heavy atom. The smallest absolute Gasteiger partial charge is 0.191 e. The largest absolute Gasteiger partial charge is 0.356 e. The number of hydrogen-bond acceptors (Lipinski definition) is 4. The minimum absolute atomic E-state index is 0.745. The number of nitrogens with zero attached hydrogens (tertiary/aromatic N) is 5. The Balaban J connectivity index is 1.31. The number of piperazine rings is 1. The Labute approximate surface area is 181 Å². The van der Waals surface area contributed by atoms with Gasteiger partial charge in [-0.3, -0.25) is 14.6 Å². The van der Waals surface area contributed by atoms with E-state index in [0.29, 0.717) is 0 Å². The van der Waals surface area contributed by atoms with E-state index >= 15 is 0 Å². The van der Waals surface area contributed by atoms with Crippen LogP contribution in [-0.2, 0) is 20.1 Å². The fourth-order valence-electron chi connectivity index (χ4n) is 3.99. The average molecular weight is 412 g/mol. The summed E-state index contributed by atoms with van der Waals surface area (Å²) >= 11 is 0. The van der Waals surface area contributed by atoms with Gasteiger partial charge in [0.25, 0.3) is 0 Å². The van der Waals surface area contributed by atoms with E-state index < -0.39 is 0 Å². The fraction of sp³-hybridized carbons (Fsp3) is 0.565. The molecule has 3 rings (SSSR count). The molecule has 2 aromatic rings. The van der Waals surface area contributed by atoms with Crippen molar-refractivity contribution >= 4 is 5.96 Å². The Morgan fingerprint density at radius 1 is 1.03 bits per heavy atom. The maximum Gasteiger partial charge on any atom is 0.191 e. The van der Waals surface area contributed by atoms with Crippen LogP contribution in [0.5, 0.6) is 0 Å². The van der Waals surface area contributed by atoms with Crippen molar-refractivity contribution in [2.24, 2.45) is 12.0 Å². The zero-order chi connectivity index (χ0) is 21.3. The number of aryl methyl sites for hydroxylation is 2. The molecule has 7 heteroatoms. The van der Waals surface area contributed by atoms with E-state index in [9.17, 15) is 0 Å². The van der Waals surface area contributed by atoms with Gasteiger partial charge >= 0.3 is 0 Å². The lowest BCUT2D eigenvalue weighted by atomic mass is 10.2. The first-order valence-corrected chi connectivity index (χ1v) is 11.0. The van der Waals surface area contributed by atoms with Gasteiger partial charge in [0, 0.05) is 71.2 Å². The Bertz CT molecular complexity index is 804. The lowest BCUT2D eigenvalue weighted by molar-refractivity contribution is 0.126. The van der Waals surface area contributed by atoms with E-state index in [1.165, 1.54) is 16.8 Å². The minimum Gasteiger partial charge on any atom is -0.356 e. The third-order valence-corrected chi connectivity index (χ3v) is 5.97. The quantitative estimate of drug-likeness (QED) is 0.395. The van der Waals surface area contributed by atoms with Crippen LogP contribution in [0.4, 0.5) is 0 Å². The molecule has 7 nitrogen and oxygen atoms in total. The van der Waals surface area contributed by atoms with Crippen LogP contribution in [0.3, 0.4) is 0 Å². The second-order valence-corrected chi connectivity index (χ2v) is 8.08. The second kappa shape index (κ2) is 11.1. The van der Waals surface area contributed by atoms with Crippen LogP contribution in [0.1, 0.15) is 28.9 Å². The number of rotatable bonds is 8. The molecule has 2 heterocycles. The number of aliphatic imine (C=N–C) groups is 1. The summed E-state index contributed by atoms with van der Waals surface area (Å²) in [5.41, 5.74) is 4.92. The highest BCUT2D eigenvalue weighted by molar-refractivity contribution is 5.79. The molecule has 1 aromatic carbocycles. The van der Waals surface area contributed by atoms with Gasteiger partial charge in [0.2, 0.25) is 0 Å². The van der Waals surface area contributed by atoms with Gasteiger partial charge in [-0.25, -0.2) is 0 Å². The summed E-state index contributed by atoms with van der Waals surface area (Å²) in [4.78, 5) is 9.48. The Morgan fingerprint density at radius 3 is 2.37 bits per heavy atom. The SMILES string of the molecule is CN=C(NCCCN1CCN(Cc2ccccc2)CC1)NCc1c(C)nn(C)c1C. The van der Waals surface area contributed by atoms with Crippen molar-refractivity contribution in [2.45, 2.75) is 33.4 Å². The molecule has 1 aliphatic rings. The summed E-state index contributed by atoms with van der Waals surface area (Å²) < 4.78 is 1.93. The van der Waals surface area contributed by atoms with Gasteiger partial charge in [-0.2, -0.15) is 5.10 Å². The van der Waals surface area contributed by atoms with Crippen molar-refractivity contribution in [1.29, 1.82) is 0 Å². The van der Waals surface area contributed by atoms with E-state index in [1.54, 1.807) is 0 Å². The van der Waals surface area contributed by atoms with Crippen molar-refractivity contribution in [3.05, 3.63) is 52.8 Å². The fourth-order valence-corrected chi connectivity index (χ4v) is 3.99. The van der Waals surface area contributed by atoms with E-state index in [-0.39, 0.29) is 0 Å². The van der Waals surface area contributed by atoms with Crippen LogP contribution in [0.25, 0.3) is 0 Å². The highest BCUT2D eigenvalue weighted by atomic mass is 15.3. The zero-order valence-electron chi connectivity index (χ0n) is 19.0. The van der Waals surface area contributed by atoms with Gasteiger partial charge in [0.1, 0.15) is 0 Å². The van der Waals surface area contributed by atoms with Crippen LogP contribution in [-0.4, -0.2) is 71.9 Å². The molecular weight excluding hydrogens is 374 g/mol. The average Bonchev–Trinajstić information content (AvgIpc) is 3.00. The predicted molar refractivity (Wildman–Crippen MR) is 124 cm³/mol. The van der Waals surface area contributed by atoms with Gasteiger partial charge in [0.05, 0.1) is 5.69 Å². The highest BCUT2D eigenvalue weighted by Gasteiger charge is 2.16. The van der Waals surface area contributed by atoms with Crippen LogP contribution in [0.15, 0.2) is 35.3 Å². The molecule has 1 aromatic heterocycles. The molecule has 0 bridgehead atoms. The number of aromatic nitrogens is 2. The van der Waals surface area contributed by atoms with E-state index in [0.717, 1.165) is 70.4 Å². The first kappa shape index (κ1) is 22.3. The lowest BCUT2D eigenvalue weighted by Crippen LogP contribution is -2.46. The molecular formula is C23H37N7. The second-order valence-electron chi connectivity index (χ2n) is 8.08. The molecule has 2 N–H and O–H groups in total. The topological polar surface area (TPSA) is 60.7 Å². The standard InChI is InChI=1S/C23H37N7/c1-19-22(20(2)28(4)27-19)17-26-23(24-3)25-11-8-12-29-13-15-30(16-14-29)18-21-9-6-5-7-10-21/h5-7,9-10H,8,11-18H2,1-4H3,(H2,24,25,26). The summed E-state index contributed by atoms with van der Waals surface area (Å²) in [7, 11) is 3.81. The molecule has 0 unspecified atom stereocenters. The maximum atomic E-state index is 4.48. The Hall–Kier alpha value is -2.38. The van der Waals surface area contributed by atoms with E-state index in [1.807, 2.05) is 18.8 Å². The normalized spacial score (nSPS) is 16.1. The van der Waals surface area contributed by atoms with Crippen LogP contribution in [0.2, 0.25) is 0 Å². The predicted octanol–water partition coefficient (Wildman–Crippen LogP) is 1.91. The monoisotopic (exact) mass is 411 g/mol. The van der Waals surface area contributed by atoms with Gasteiger partial charge in [-0.1, -0.05) is 30.3 Å².